The lowest BCUT2D eigenvalue weighted by Crippen LogP contribution is -2.43. The quantitative estimate of drug-likeness (QED) is 0.705. The summed E-state index contributed by atoms with van der Waals surface area (Å²) in [6, 6.07) is 0.473. The Bertz CT molecular complexity index is 188. The van der Waals surface area contributed by atoms with Gasteiger partial charge in [0.15, 0.2) is 0 Å². The zero-order valence-electron chi connectivity index (χ0n) is 10.1. The van der Waals surface area contributed by atoms with Crippen LogP contribution in [0, 0.1) is 0 Å². The van der Waals surface area contributed by atoms with Gasteiger partial charge in [0.1, 0.15) is 0 Å². The lowest BCUT2D eigenvalue weighted by atomic mass is 10.0. The number of nitrogens with zero attached hydrogens (tertiary/aromatic N) is 1. The molecule has 0 aromatic rings. The van der Waals surface area contributed by atoms with Crippen LogP contribution in [0.25, 0.3) is 0 Å². The predicted octanol–water partition coefficient (Wildman–Crippen LogP) is 1.78. The fraction of sp³-hybridized carbons (Fsp3) is 0.917. The number of unbranched alkanes of at least 4 members (excludes halogenated alkanes) is 2. The molecule has 0 aliphatic carbocycles. The van der Waals surface area contributed by atoms with Crippen LogP contribution >= 0.6 is 0 Å². The third-order valence-electron chi connectivity index (χ3n) is 3.24. The minimum Gasteiger partial charge on any atom is -0.343 e. The highest BCUT2D eigenvalue weighted by molar-refractivity contribution is 5.76. The summed E-state index contributed by atoms with van der Waals surface area (Å²) in [4.78, 5) is 13.8. The molecule has 15 heavy (non-hydrogen) atoms. The Morgan fingerprint density at radius 3 is 2.60 bits per heavy atom. The fourth-order valence-corrected chi connectivity index (χ4v) is 2.10. The highest BCUT2D eigenvalue weighted by Gasteiger charge is 2.20. The summed E-state index contributed by atoms with van der Waals surface area (Å²) in [5.74, 6) is 0.329. The molecule has 3 heteroatoms. The molecule has 0 aromatic carbocycles. The summed E-state index contributed by atoms with van der Waals surface area (Å²) in [5, 5.41) is 3.32. The van der Waals surface area contributed by atoms with Crippen LogP contribution in [0.5, 0.6) is 0 Å². The van der Waals surface area contributed by atoms with Crippen molar-refractivity contribution in [2.75, 3.05) is 20.1 Å². The molecule has 1 rings (SSSR count). The maximum absolute atomic E-state index is 11.8. The standard InChI is InChI=1S/C12H24N2O/c1-3-4-5-6-12(15)14(2)11-7-9-13-10-8-11/h11,13H,3-10H2,1-2H3. The fourth-order valence-electron chi connectivity index (χ4n) is 2.10. The van der Waals surface area contributed by atoms with Crippen molar-refractivity contribution < 1.29 is 4.79 Å². The van der Waals surface area contributed by atoms with E-state index in [9.17, 15) is 4.79 Å². The molecule has 0 spiro atoms. The first-order chi connectivity index (χ1) is 7.25. The summed E-state index contributed by atoms with van der Waals surface area (Å²) >= 11 is 0. The Morgan fingerprint density at radius 2 is 2.00 bits per heavy atom. The lowest BCUT2D eigenvalue weighted by Gasteiger charge is -2.31. The van der Waals surface area contributed by atoms with Crippen LogP contribution in [-0.2, 0) is 4.79 Å². The summed E-state index contributed by atoms with van der Waals surface area (Å²) in [5.41, 5.74) is 0. The largest absolute Gasteiger partial charge is 0.343 e. The molecule has 1 aliphatic heterocycles. The number of hydrogen-bond acceptors (Lipinski definition) is 2. The number of piperidine rings is 1. The first kappa shape index (κ1) is 12.5. The van der Waals surface area contributed by atoms with Gasteiger partial charge < -0.3 is 10.2 Å². The van der Waals surface area contributed by atoms with E-state index in [1.807, 2.05) is 11.9 Å². The molecule has 1 fully saturated rings. The van der Waals surface area contributed by atoms with E-state index in [1.54, 1.807) is 0 Å². The molecule has 0 unspecified atom stereocenters. The van der Waals surface area contributed by atoms with Crippen molar-refractivity contribution in [1.82, 2.24) is 10.2 Å². The van der Waals surface area contributed by atoms with E-state index in [0.717, 1.165) is 38.8 Å². The Balaban J connectivity index is 2.24. The van der Waals surface area contributed by atoms with E-state index < -0.39 is 0 Å². The molecule has 0 saturated carbocycles. The zero-order valence-corrected chi connectivity index (χ0v) is 10.1. The van der Waals surface area contributed by atoms with E-state index in [2.05, 4.69) is 12.2 Å². The van der Waals surface area contributed by atoms with Gasteiger partial charge >= 0.3 is 0 Å². The molecule has 0 radical (unpaired) electrons. The van der Waals surface area contributed by atoms with Crippen LogP contribution in [0.4, 0.5) is 0 Å². The molecule has 0 aromatic heterocycles. The molecule has 1 heterocycles. The van der Waals surface area contributed by atoms with Crippen LogP contribution in [0.15, 0.2) is 0 Å². The Labute approximate surface area is 93.2 Å². The van der Waals surface area contributed by atoms with Crippen LogP contribution < -0.4 is 5.32 Å². The number of rotatable bonds is 5. The van der Waals surface area contributed by atoms with Crippen LogP contribution in [-0.4, -0.2) is 37.0 Å². The molecule has 0 bridgehead atoms. The van der Waals surface area contributed by atoms with Gasteiger partial charge in [-0.15, -0.1) is 0 Å². The number of amides is 1. The lowest BCUT2D eigenvalue weighted by molar-refractivity contribution is -0.132. The van der Waals surface area contributed by atoms with Crippen molar-refractivity contribution in [2.24, 2.45) is 0 Å². The van der Waals surface area contributed by atoms with Crippen LogP contribution in [0.3, 0.4) is 0 Å². The van der Waals surface area contributed by atoms with Crippen LogP contribution in [0.1, 0.15) is 45.4 Å². The Morgan fingerprint density at radius 1 is 1.33 bits per heavy atom. The molecule has 1 N–H and O–H groups in total. The summed E-state index contributed by atoms with van der Waals surface area (Å²) in [7, 11) is 1.96. The number of carbonyl (C=O) groups excluding carboxylic acids is 1. The third-order valence-corrected chi connectivity index (χ3v) is 3.24. The highest BCUT2D eigenvalue weighted by Crippen LogP contribution is 2.12. The molecule has 1 aliphatic rings. The van der Waals surface area contributed by atoms with Gasteiger partial charge in [0.2, 0.25) is 5.91 Å². The zero-order chi connectivity index (χ0) is 11.1. The van der Waals surface area contributed by atoms with Crippen molar-refractivity contribution in [3.8, 4) is 0 Å². The van der Waals surface area contributed by atoms with E-state index >= 15 is 0 Å². The van der Waals surface area contributed by atoms with Gasteiger partial charge in [-0.05, 0) is 32.4 Å². The average molecular weight is 212 g/mol. The van der Waals surface area contributed by atoms with Gasteiger partial charge in [0, 0.05) is 19.5 Å². The predicted molar refractivity (Wildman–Crippen MR) is 62.8 cm³/mol. The Hall–Kier alpha value is -0.570. The second kappa shape index (κ2) is 6.83. The van der Waals surface area contributed by atoms with Crippen molar-refractivity contribution in [3.63, 3.8) is 0 Å². The average Bonchev–Trinajstić information content (AvgIpc) is 2.29. The first-order valence-corrected chi connectivity index (χ1v) is 6.22. The molecule has 0 atom stereocenters. The van der Waals surface area contributed by atoms with E-state index in [4.69, 9.17) is 0 Å². The first-order valence-electron chi connectivity index (χ1n) is 6.22. The number of hydrogen-bond donors (Lipinski definition) is 1. The Kier molecular flexibility index (Phi) is 5.69. The molecule has 88 valence electrons. The van der Waals surface area contributed by atoms with Gasteiger partial charge in [0.25, 0.3) is 0 Å². The van der Waals surface area contributed by atoms with E-state index in [0.29, 0.717) is 11.9 Å². The van der Waals surface area contributed by atoms with Crippen molar-refractivity contribution >= 4 is 5.91 Å². The summed E-state index contributed by atoms with van der Waals surface area (Å²) in [6.07, 6.45) is 6.35. The molecular weight excluding hydrogens is 188 g/mol. The summed E-state index contributed by atoms with van der Waals surface area (Å²) < 4.78 is 0. The van der Waals surface area contributed by atoms with Crippen molar-refractivity contribution in [1.29, 1.82) is 0 Å². The topological polar surface area (TPSA) is 32.3 Å². The molecule has 1 amide bonds. The third kappa shape index (κ3) is 4.20. The van der Waals surface area contributed by atoms with Gasteiger partial charge in [-0.3, -0.25) is 4.79 Å². The molecular formula is C12H24N2O. The van der Waals surface area contributed by atoms with Crippen molar-refractivity contribution in [2.45, 2.75) is 51.5 Å². The smallest absolute Gasteiger partial charge is 0.222 e. The van der Waals surface area contributed by atoms with E-state index in [-0.39, 0.29) is 0 Å². The summed E-state index contributed by atoms with van der Waals surface area (Å²) in [6.45, 7) is 4.27. The second-order valence-corrected chi connectivity index (χ2v) is 4.44. The maximum Gasteiger partial charge on any atom is 0.222 e. The second-order valence-electron chi connectivity index (χ2n) is 4.44. The number of carbonyl (C=O) groups is 1. The minimum atomic E-state index is 0.329. The normalized spacial score (nSPS) is 17.7. The maximum atomic E-state index is 11.8. The van der Waals surface area contributed by atoms with Crippen molar-refractivity contribution in [3.05, 3.63) is 0 Å². The van der Waals surface area contributed by atoms with Crippen LogP contribution in [0.2, 0.25) is 0 Å². The number of nitrogens with one attached hydrogen (secondary N) is 1. The molecule has 3 nitrogen and oxygen atoms in total. The van der Waals surface area contributed by atoms with Gasteiger partial charge in [-0.25, -0.2) is 0 Å². The van der Waals surface area contributed by atoms with Gasteiger partial charge in [-0.1, -0.05) is 19.8 Å². The monoisotopic (exact) mass is 212 g/mol. The molecule has 1 saturated heterocycles. The van der Waals surface area contributed by atoms with Gasteiger partial charge in [-0.2, -0.15) is 0 Å². The highest BCUT2D eigenvalue weighted by atomic mass is 16.2. The van der Waals surface area contributed by atoms with Gasteiger partial charge in [0.05, 0.1) is 0 Å². The minimum absolute atomic E-state index is 0.329. The SMILES string of the molecule is CCCCCC(=O)N(C)C1CCNCC1. The van der Waals surface area contributed by atoms with E-state index in [1.165, 1.54) is 12.8 Å².